The van der Waals surface area contributed by atoms with Gasteiger partial charge in [-0.1, -0.05) is 112 Å². The maximum atomic E-state index is 2.49. The van der Waals surface area contributed by atoms with Crippen LogP contribution in [0.3, 0.4) is 0 Å². The molecule has 0 spiro atoms. The highest BCUT2D eigenvalue weighted by molar-refractivity contribution is 5.90. The van der Waals surface area contributed by atoms with Crippen molar-refractivity contribution in [2.24, 2.45) is 0 Å². The Morgan fingerprint density at radius 3 is 1.35 bits per heavy atom. The van der Waals surface area contributed by atoms with Gasteiger partial charge in [0.15, 0.2) is 0 Å². The summed E-state index contributed by atoms with van der Waals surface area (Å²) in [6.45, 7) is 20.2. The molecule has 3 heteroatoms. The summed E-state index contributed by atoms with van der Waals surface area (Å²) in [5.41, 5.74) is 18.9. The van der Waals surface area contributed by atoms with Crippen LogP contribution in [0.25, 0.3) is 0 Å². The van der Waals surface area contributed by atoms with E-state index >= 15 is 0 Å². The van der Waals surface area contributed by atoms with Crippen molar-refractivity contribution >= 4 is 51.2 Å². The second kappa shape index (κ2) is 15.4. The third-order valence-corrected chi connectivity index (χ3v) is 10.7. The average molecular weight is 720 g/mol. The summed E-state index contributed by atoms with van der Waals surface area (Å²) in [6, 6.07) is 57.5. The number of nitrogens with zero attached hydrogens (tertiary/aromatic N) is 3. The molecule has 0 heterocycles. The monoisotopic (exact) mass is 719 g/mol. The zero-order valence-electron chi connectivity index (χ0n) is 33.9. The normalized spacial score (nSPS) is 11.4. The highest BCUT2D eigenvalue weighted by Gasteiger charge is 2.26. The number of para-hydroxylation sites is 4. The summed E-state index contributed by atoms with van der Waals surface area (Å²) in [6.07, 6.45) is 0. The zero-order valence-corrected chi connectivity index (χ0v) is 33.9. The molecule has 0 fully saturated rings. The van der Waals surface area contributed by atoms with Crippen LogP contribution >= 0.6 is 0 Å². The van der Waals surface area contributed by atoms with Crippen molar-refractivity contribution in [2.75, 3.05) is 14.7 Å². The van der Waals surface area contributed by atoms with E-state index in [1.165, 1.54) is 44.6 Å². The van der Waals surface area contributed by atoms with Crippen LogP contribution in [0.2, 0.25) is 0 Å². The van der Waals surface area contributed by atoms with Crippen LogP contribution < -0.4 is 14.7 Å². The third-order valence-electron chi connectivity index (χ3n) is 10.7. The Labute approximate surface area is 329 Å². The van der Waals surface area contributed by atoms with Crippen LogP contribution in [0.4, 0.5) is 51.2 Å². The Hall–Kier alpha value is -6.06. The molecule has 0 amide bonds. The van der Waals surface area contributed by atoms with Gasteiger partial charge in [0.25, 0.3) is 0 Å². The fourth-order valence-corrected chi connectivity index (χ4v) is 7.62. The van der Waals surface area contributed by atoms with Crippen molar-refractivity contribution in [3.05, 3.63) is 197 Å². The molecular weight excluding hydrogens is 667 g/mol. The fourth-order valence-electron chi connectivity index (χ4n) is 7.62. The minimum Gasteiger partial charge on any atom is -0.310 e. The first-order valence-electron chi connectivity index (χ1n) is 19.4. The molecule has 7 aromatic rings. The summed E-state index contributed by atoms with van der Waals surface area (Å²) < 4.78 is 0. The van der Waals surface area contributed by atoms with Gasteiger partial charge in [0, 0.05) is 34.1 Å². The molecule has 0 bridgehead atoms. The van der Waals surface area contributed by atoms with Crippen LogP contribution in [0, 0.1) is 41.5 Å². The van der Waals surface area contributed by atoms with Crippen LogP contribution in [0.5, 0.6) is 0 Å². The number of aryl methyl sites for hydroxylation is 5. The molecule has 0 saturated heterocycles. The Morgan fingerprint density at radius 2 is 0.782 bits per heavy atom. The Bertz CT molecular complexity index is 2450. The first kappa shape index (κ1) is 37.3. The van der Waals surface area contributed by atoms with E-state index in [1.807, 2.05) is 0 Å². The molecule has 0 aliphatic heterocycles. The molecule has 276 valence electrons. The molecule has 3 nitrogen and oxygen atoms in total. The van der Waals surface area contributed by atoms with Gasteiger partial charge < -0.3 is 14.7 Å². The smallest absolute Gasteiger partial charge is 0.0514 e. The summed E-state index contributed by atoms with van der Waals surface area (Å²) >= 11 is 0. The maximum Gasteiger partial charge on any atom is 0.0514 e. The van der Waals surface area contributed by atoms with Gasteiger partial charge in [-0.05, 0) is 153 Å². The molecule has 0 aliphatic rings. The Kier molecular flexibility index (Phi) is 10.4. The number of benzene rings is 7. The zero-order chi connectivity index (χ0) is 38.9. The molecule has 0 N–H and O–H groups in total. The lowest BCUT2D eigenvalue weighted by atomic mass is 9.87. The topological polar surface area (TPSA) is 9.72 Å². The summed E-state index contributed by atoms with van der Waals surface area (Å²) in [4.78, 5) is 7.33. The maximum absolute atomic E-state index is 2.49. The van der Waals surface area contributed by atoms with Gasteiger partial charge in [-0.25, -0.2) is 0 Å². The lowest BCUT2D eigenvalue weighted by molar-refractivity contribution is 0.590. The van der Waals surface area contributed by atoms with Crippen molar-refractivity contribution in [2.45, 2.75) is 67.7 Å². The predicted molar refractivity (Wildman–Crippen MR) is 238 cm³/mol. The molecule has 55 heavy (non-hydrogen) atoms. The van der Waals surface area contributed by atoms with Gasteiger partial charge in [-0.2, -0.15) is 0 Å². The highest BCUT2D eigenvalue weighted by Crippen LogP contribution is 2.48. The summed E-state index contributed by atoms with van der Waals surface area (Å²) in [5, 5.41) is 0. The van der Waals surface area contributed by atoms with Crippen molar-refractivity contribution in [1.29, 1.82) is 0 Å². The largest absolute Gasteiger partial charge is 0.310 e. The third kappa shape index (κ3) is 7.53. The SMILES string of the molecule is Cc1cc(N(c2ccccc2)c2ccccc2C)c(C)c(N(c2ccccc2C)c2cc(N(c3cccc(C(C)(C)C)c3)c3ccccc3C)ccc2C)c1. The van der Waals surface area contributed by atoms with Gasteiger partial charge in [0.2, 0.25) is 0 Å². The molecule has 0 unspecified atom stereocenters. The van der Waals surface area contributed by atoms with Crippen LogP contribution in [0.15, 0.2) is 158 Å². The van der Waals surface area contributed by atoms with Crippen molar-refractivity contribution in [3.8, 4) is 0 Å². The molecule has 0 atom stereocenters. The summed E-state index contributed by atoms with van der Waals surface area (Å²) in [7, 11) is 0. The van der Waals surface area contributed by atoms with Gasteiger partial charge in [-0.3, -0.25) is 0 Å². The molecule has 0 aromatic heterocycles. The van der Waals surface area contributed by atoms with E-state index in [9.17, 15) is 0 Å². The lowest BCUT2D eigenvalue weighted by Crippen LogP contribution is -2.19. The van der Waals surface area contributed by atoms with Crippen LogP contribution in [0.1, 0.15) is 59.7 Å². The van der Waals surface area contributed by atoms with E-state index in [0.29, 0.717) is 0 Å². The van der Waals surface area contributed by atoms with E-state index in [1.54, 1.807) is 0 Å². The molecule has 7 aromatic carbocycles. The number of hydrogen-bond acceptors (Lipinski definition) is 3. The van der Waals surface area contributed by atoms with Gasteiger partial charge in [0.05, 0.1) is 17.1 Å². The highest BCUT2D eigenvalue weighted by atomic mass is 15.2. The molecule has 0 saturated carbocycles. The molecule has 0 radical (unpaired) electrons. The number of rotatable bonds is 9. The van der Waals surface area contributed by atoms with E-state index in [4.69, 9.17) is 0 Å². The van der Waals surface area contributed by atoms with Crippen LogP contribution in [-0.2, 0) is 5.41 Å². The van der Waals surface area contributed by atoms with Crippen molar-refractivity contribution in [1.82, 2.24) is 0 Å². The average Bonchev–Trinajstić information content (AvgIpc) is 3.17. The van der Waals surface area contributed by atoms with E-state index in [-0.39, 0.29) is 5.41 Å². The van der Waals surface area contributed by atoms with E-state index in [2.05, 4.69) is 235 Å². The van der Waals surface area contributed by atoms with E-state index < -0.39 is 0 Å². The summed E-state index contributed by atoms with van der Waals surface area (Å²) in [5.74, 6) is 0. The van der Waals surface area contributed by atoms with Gasteiger partial charge in [0.1, 0.15) is 0 Å². The minimum atomic E-state index is 0.0137. The Morgan fingerprint density at radius 1 is 0.327 bits per heavy atom. The number of hydrogen-bond donors (Lipinski definition) is 0. The molecule has 0 aliphatic carbocycles. The Balaban J connectivity index is 1.49. The predicted octanol–water partition coefficient (Wildman–Crippen LogP) is 15.2. The van der Waals surface area contributed by atoms with Crippen molar-refractivity contribution < 1.29 is 0 Å². The standard InChI is InChI=1S/C52H53N3/c1-36-32-50(54(43-24-11-10-12-25-43)47-28-17-14-21-38(47)3)41(6)51(33-36)55(48-29-18-15-22-39(48)4)49-35-45(31-30-40(49)5)53(46-27-16-13-20-37(46)2)44-26-19-23-42(34-44)52(7,8)9/h10-35H,1-9H3. The molecule has 7 rings (SSSR count). The second-order valence-electron chi connectivity index (χ2n) is 15.9. The minimum absolute atomic E-state index is 0.0137. The quantitative estimate of drug-likeness (QED) is 0.147. The number of anilines is 9. The molecular formula is C52H53N3. The second-order valence-corrected chi connectivity index (χ2v) is 15.9. The van der Waals surface area contributed by atoms with Crippen LogP contribution in [-0.4, -0.2) is 0 Å². The lowest BCUT2D eigenvalue weighted by Gasteiger charge is -2.35. The van der Waals surface area contributed by atoms with E-state index in [0.717, 1.165) is 45.5 Å². The van der Waals surface area contributed by atoms with Gasteiger partial charge in [-0.15, -0.1) is 0 Å². The van der Waals surface area contributed by atoms with Crippen molar-refractivity contribution in [3.63, 3.8) is 0 Å². The van der Waals surface area contributed by atoms with Gasteiger partial charge >= 0.3 is 0 Å². The first-order chi connectivity index (χ1) is 26.4. The first-order valence-corrected chi connectivity index (χ1v) is 19.4. The fraction of sp³-hybridized carbons (Fsp3) is 0.192.